The second-order valence-corrected chi connectivity index (χ2v) is 4.72. The standard InChI is InChI=1S/C16H12FN3O/c1-10-8-12-4-7-14(19-15(12)18-9-10)20-16(21)11-2-5-13(17)6-3-11/h2-9H,1H3,(H,18,19,20,21). The first kappa shape index (κ1) is 13.2. The van der Waals surface area contributed by atoms with Crippen molar-refractivity contribution in [3.05, 3.63) is 65.6 Å². The molecule has 104 valence electrons. The van der Waals surface area contributed by atoms with E-state index in [-0.39, 0.29) is 11.7 Å². The van der Waals surface area contributed by atoms with E-state index in [9.17, 15) is 9.18 Å². The molecule has 1 N–H and O–H groups in total. The van der Waals surface area contributed by atoms with Gasteiger partial charge in [-0.1, -0.05) is 0 Å². The van der Waals surface area contributed by atoms with Gasteiger partial charge >= 0.3 is 0 Å². The van der Waals surface area contributed by atoms with Gasteiger partial charge in [0.2, 0.25) is 0 Å². The lowest BCUT2D eigenvalue weighted by molar-refractivity contribution is 0.102. The van der Waals surface area contributed by atoms with Gasteiger partial charge in [0.15, 0.2) is 5.65 Å². The number of amides is 1. The number of benzene rings is 1. The smallest absolute Gasteiger partial charge is 0.256 e. The molecule has 21 heavy (non-hydrogen) atoms. The summed E-state index contributed by atoms with van der Waals surface area (Å²) in [6, 6.07) is 10.9. The van der Waals surface area contributed by atoms with Gasteiger partial charge in [-0.05, 0) is 55.0 Å². The topological polar surface area (TPSA) is 54.9 Å². The summed E-state index contributed by atoms with van der Waals surface area (Å²) in [5.74, 6) is -0.308. The molecule has 0 unspecified atom stereocenters. The summed E-state index contributed by atoms with van der Waals surface area (Å²) >= 11 is 0. The van der Waals surface area contributed by atoms with E-state index in [1.165, 1.54) is 24.3 Å². The summed E-state index contributed by atoms with van der Waals surface area (Å²) in [6.45, 7) is 1.96. The Morgan fingerprint density at radius 2 is 1.90 bits per heavy atom. The predicted octanol–water partition coefficient (Wildman–Crippen LogP) is 3.33. The van der Waals surface area contributed by atoms with Crippen molar-refractivity contribution >= 4 is 22.8 Å². The van der Waals surface area contributed by atoms with Gasteiger partial charge in [0.05, 0.1) is 0 Å². The van der Waals surface area contributed by atoms with Crippen LogP contribution in [0.5, 0.6) is 0 Å². The zero-order valence-corrected chi connectivity index (χ0v) is 11.3. The molecule has 1 aromatic carbocycles. The number of aryl methyl sites for hydroxylation is 1. The summed E-state index contributed by atoms with van der Waals surface area (Å²) in [6.07, 6.45) is 1.72. The largest absolute Gasteiger partial charge is 0.306 e. The van der Waals surface area contributed by atoms with E-state index < -0.39 is 0 Å². The van der Waals surface area contributed by atoms with Crippen LogP contribution in [0.4, 0.5) is 10.2 Å². The van der Waals surface area contributed by atoms with Crippen LogP contribution in [0.3, 0.4) is 0 Å². The number of carbonyl (C=O) groups excluding carboxylic acids is 1. The van der Waals surface area contributed by atoms with Gasteiger partial charge in [0.1, 0.15) is 11.6 Å². The molecule has 3 aromatic rings. The van der Waals surface area contributed by atoms with Gasteiger partial charge in [0, 0.05) is 17.1 Å². The van der Waals surface area contributed by atoms with E-state index in [1.807, 2.05) is 19.1 Å². The highest BCUT2D eigenvalue weighted by atomic mass is 19.1. The van der Waals surface area contributed by atoms with Crippen LogP contribution in [-0.2, 0) is 0 Å². The molecular weight excluding hydrogens is 269 g/mol. The lowest BCUT2D eigenvalue weighted by atomic mass is 10.2. The third kappa shape index (κ3) is 2.86. The zero-order valence-electron chi connectivity index (χ0n) is 11.3. The molecule has 0 saturated carbocycles. The molecular formula is C16H12FN3O. The summed E-state index contributed by atoms with van der Waals surface area (Å²) < 4.78 is 12.8. The van der Waals surface area contributed by atoms with E-state index in [0.717, 1.165) is 10.9 Å². The Labute approximate surface area is 120 Å². The first-order valence-electron chi connectivity index (χ1n) is 6.42. The summed E-state index contributed by atoms with van der Waals surface area (Å²) in [7, 11) is 0. The minimum absolute atomic E-state index is 0.339. The van der Waals surface area contributed by atoms with Crippen LogP contribution in [-0.4, -0.2) is 15.9 Å². The molecule has 0 aliphatic rings. The molecule has 0 bridgehead atoms. The van der Waals surface area contributed by atoms with Gasteiger partial charge in [-0.25, -0.2) is 14.4 Å². The van der Waals surface area contributed by atoms with Crippen LogP contribution >= 0.6 is 0 Å². The number of anilines is 1. The van der Waals surface area contributed by atoms with Crippen molar-refractivity contribution in [2.75, 3.05) is 5.32 Å². The maximum atomic E-state index is 12.8. The number of nitrogens with zero attached hydrogens (tertiary/aromatic N) is 2. The maximum Gasteiger partial charge on any atom is 0.256 e. The quantitative estimate of drug-likeness (QED) is 0.784. The average molecular weight is 281 g/mol. The molecule has 0 aliphatic heterocycles. The molecule has 1 amide bonds. The van der Waals surface area contributed by atoms with Crippen LogP contribution in [0.15, 0.2) is 48.7 Å². The Kier molecular flexibility index (Phi) is 3.31. The van der Waals surface area contributed by atoms with E-state index in [2.05, 4.69) is 15.3 Å². The van der Waals surface area contributed by atoms with Crippen molar-refractivity contribution in [3.63, 3.8) is 0 Å². The SMILES string of the molecule is Cc1cnc2nc(NC(=O)c3ccc(F)cc3)ccc2c1. The molecule has 0 aliphatic carbocycles. The third-order valence-electron chi connectivity index (χ3n) is 3.03. The van der Waals surface area contributed by atoms with Crippen LogP contribution < -0.4 is 5.32 Å². The van der Waals surface area contributed by atoms with Crippen LogP contribution in [0.1, 0.15) is 15.9 Å². The molecule has 4 nitrogen and oxygen atoms in total. The maximum absolute atomic E-state index is 12.8. The van der Waals surface area contributed by atoms with E-state index in [0.29, 0.717) is 17.0 Å². The van der Waals surface area contributed by atoms with Gasteiger partial charge in [-0.3, -0.25) is 4.79 Å². The number of aromatic nitrogens is 2. The first-order chi connectivity index (χ1) is 10.1. The highest BCUT2D eigenvalue weighted by molar-refractivity contribution is 6.04. The van der Waals surface area contributed by atoms with E-state index in [4.69, 9.17) is 0 Å². The highest BCUT2D eigenvalue weighted by Crippen LogP contribution is 2.15. The molecule has 2 heterocycles. The third-order valence-corrected chi connectivity index (χ3v) is 3.03. The molecule has 2 aromatic heterocycles. The fraction of sp³-hybridized carbons (Fsp3) is 0.0625. The molecule has 0 spiro atoms. The molecule has 3 rings (SSSR count). The van der Waals surface area contributed by atoms with Crippen molar-refractivity contribution in [3.8, 4) is 0 Å². The fourth-order valence-corrected chi connectivity index (χ4v) is 1.98. The van der Waals surface area contributed by atoms with Crippen molar-refractivity contribution in [1.29, 1.82) is 0 Å². The molecule has 0 atom stereocenters. The Morgan fingerprint density at radius 3 is 2.67 bits per heavy atom. The molecule has 0 fully saturated rings. The van der Waals surface area contributed by atoms with Gasteiger partial charge in [-0.2, -0.15) is 0 Å². The zero-order chi connectivity index (χ0) is 14.8. The van der Waals surface area contributed by atoms with Gasteiger partial charge in [0.25, 0.3) is 5.91 Å². The number of nitrogens with one attached hydrogen (secondary N) is 1. The minimum Gasteiger partial charge on any atom is -0.306 e. The minimum atomic E-state index is -0.380. The molecule has 5 heteroatoms. The summed E-state index contributed by atoms with van der Waals surface area (Å²) in [5, 5.41) is 3.58. The second-order valence-electron chi connectivity index (χ2n) is 4.72. The van der Waals surface area contributed by atoms with Crippen LogP contribution in [0.2, 0.25) is 0 Å². The highest BCUT2D eigenvalue weighted by Gasteiger charge is 2.07. The van der Waals surface area contributed by atoms with E-state index >= 15 is 0 Å². The van der Waals surface area contributed by atoms with Crippen molar-refractivity contribution in [2.24, 2.45) is 0 Å². The summed E-state index contributed by atoms with van der Waals surface area (Å²) in [5.41, 5.74) is 1.99. The van der Waals surface area contributed by atoms with Gasteiger partial charge in [-0.15, -0.1) is 0 Å². The Bertz CT molecular complexity index is 815. The lowest BCUT2D eigenvalue weighted by Gasteiger charge is -2.05. The number of pyridine rings is 2. The lowest BCUT2D eigenvalue weighted by Crippen LogP contribution is -2.13. The number of rotatable bonds is 2. The van der Waals surface area contributed by atoms with Crippen molar-refractivity contribution in [2.45, 2.75) is 6.92 Å². The normalized spacial score (nSPS) is 10.6. The number of hydrogen-bond acceptors (Lipinski definition) is 3. The average Bonchev–Trinajstić information content (AvgIpc) is 2.48. The first-order valence-corrected chi connectivity index (χ1v) is 6.42. The van der Waals surface area contributed by atoms with Crippen molar-refractivity contribution < 1.29 is 9.18 Å². The molecule has 0 radical (unpaired) electrons. The van der Waals surface area contributed by atoms with E-state index in [1.54, 1.807) is 12.3 Å². The number of fused-ring (bicyclic) bond motifs is 1. The molecule has 0 saturated heterocycles. The number of hydrogen-bond donors (Lipinski definition) is 1. The second kappa shape index (κ2) is 5.28. The predicted molar refractivity (Wildman–Crippen MR) is 78.6 cm³/mol. The van der Waals surface area contributed by atoms with Crippen LogP contribution in [0, 0.1) is 12.7 Å². The summed E-state index contributed by atoms with van der Waals surface area (Å²) in [4.78, 5) is 20.5. The van der Waals surface area contributed by atoms with Crippen LogP contribution in [0.25, 0.3) is 11.0 Å². The fourth-order valence-electron chi connectivity index (χ4n) is 1.98. The Morgan fingerprint density at radius 1 is 1.14 bits per heavy atom. The Balaban J connectivity index is 1.85. The van der Waals surface area contributed by atoms with Gasteiger partial charge < -0.3 is 5.32 Å². The number of halogens is 1. The monoisotopic (exact) mass is 281 g/mol. The Hall–Kier alpha value is -2.82. The number of carbonyl (C=O) groups is 1. The van der Waals surface area contributed by atoms with Crippen molar-refractivity contribution in [1.82, 2.24) is 9.97 Å².